The van der Waals surface area contributed by atoms with Crippen LogP contribution in [0.3, 0.4) is 0 Å². The Hall–Kier alpha value is -5.51. The average molecular weight is 782 g/mol. The van der Waals surface area contributed by atoms with Crippen LogP contribution in [0.4, 0.5) is 8.78 Å². The van der Waals surface area contributed by atoms with Crippen LogP contribution in [-0.4, -0.2) is 85.8 Å². The van der Waals surface area contributed by atoms with E-state index in [9.17, 15) is 37.2 Å². The predicted molar refractivity (Wildman–Crippen MR) is 198 cm³/mol. The van der Waals surface area contributed by atoms with Crippen molar-refractivity contribution in [2.75, 3.05) is 13.1 Å². The predicted octanol–water partition coefficient (Wildman–Crippen LogP) is 3.25. The summed E-state index contributed by atoms with van der Waals surface area (Å²) in [6.45, 7) is 6.22. The van der Waals surface area contributed by atoms with E-state index in [1.54, 1.807) is 50.2 Å². The topological polar surface area (TPSA) is 188 Å². The SMILES string of the molecule is CC(C)C(NC(=O)[C@@H]1CCCN1C(=O)[C@@H](NC(=O)c1ccc(C(=O)NS(=O)(=O)c2ccccc2)cc1)C(C)C)C(=O)C(F)(F)C(=O)NCCc1ccccc1. The number of benzene rings is 3. The monoisotopic (exact) mass is 781 g/mol. The molecule has 3 aromatic carbocycles. The van der Waals surface area contributed by atoms with Gasteiger partial charge in [0.15, 0.2) is 0 Å². The molecule has 3 atom stereocenters. The lowest BCUT2D eigenvalue weighted by molar-refractivity contribution is -0.161. The number of Topliss-reactive ketones (excluding diaryl/α,β-unsaturated/α-hetero) is 1. The normalized spacial score (nSPS) is 15.6. The summed E-state index contributed by atoms with van der Waals surface area (Å²) < 4.78 is 57.4. The van der Waals surface area contributed by atoms with Gasteiger partial charge in [0, 0.05) is 24.2 Å². The zero-order chi connectivity index (χ0) is 40.5. The molecule has 1 aliphatic heterocycles. The third-order valence-corrected chi connectivity index (χ3v) is 10.5. The molecule has 13 nitrogen and oxygen atoms in total. The maximum Gasteiger partial charge on any atom is 0.383 e. The van der Waals surface area contributed by atoms with Crippen molar-refractivity contribution in [3.05, 3.63) is 102 Å². The van der Waals surface area contributed by atoms with Gasteiger partial charge < -0.3 is 20.9 Å². The van der Waals surface area contributed by atoms with E-state index in [-0.39, 0.29) is 42.0 Å². The van der Waals surface area contributed by atoms with Gasteiger partial charge in [-0.25, -0.2) is 13.1 Å². The lowest BCUT2D eigenvalue weighted by Crippen LogP contribution is -2.60. The van der Waals surface area contributed by atoms with Crippen molar-refractivity contribution in [2.24, 2.45) is 11.8 Å². The first kappa shape index (κ1) is 42.2. The Bertz CT molecular complexity index is 1980. The number of sulfonamides is 1. The number of amides is 5. The highest BCUT2D eigenvalue weighted by atomic mass is 32.2. The van der Waals surface area contributed by atoms with Crippen LogP contribution in [-0.2, 0) is 35.6 Å². The van der Waals surface area contributed by atoms with Crippen LogP contribution in [0, 0.1) is 11.8 Å². The second kappa shape index (κ2) is 18.2. The molecule has 0 aromatic heterocycles. The number of likely N-dealkylation sites (tertiary alicyclic amines) is 1. The maximum atomic E-state index is 15.2. The number of carbonyl (C=O) groups excluding carboxylic acids is 6. The summed E-state index contributed by atoms with van der Waals surface area (Å²) in [7, 11) is -4.14. The fourth-order valence-corrected chi connectivity index (χ4v) is 7.00. The van der Waals surface area contributed by atoms with E-state index in [4.69, 9.17) is 0 Å². The number of nitrogens with zero attached hydrogens (tertiary/aromatic N) is 1. The van der Waals surface area contributed by atoms with Gasteiger partial charge in [-0.15, -0.1) is 0 Å². The quantitative estimate of drug-likeness (QED) is 0.160. The molecule has 1 aliphatic rings. The standard InChI is InChI=1S/C39H45F2N5O8S/c1-24(2)31(33(47)39(40,41)38(52)42-22-21-26-12-7-5-8-13-26)43-36(50)30-16-11-23-46(30)37(51)32(25(3)4)44-34(48)27-17-19-28(20-18-27)35(49)45-55(53,54)29-14-9-6-10-15-29/h5-10,12-15,17-20,24-25,30-32H,11,16,21-23H2,1-4H3,(H,42,52)(H,43,50)(H,44,48)(H,45,49)/t30-,31?,32-/m0/s1. The summed E-state index contributed by atoms with van der Waals surface area (Å²) in [5.41, 5.74) is 0.814. The molecule has 16 heteroatoms. The van der Waals surface area contributed by atoms with E-state index in [1.807, 2.05) is 4.72 Å². The number of nitrogens with one attached hydrogen (secondary N) is 4. The number of halogens is 2. The van der Waals surface area contributed by atoms with E-state index in [1.165, 1.54) is 67.3 Å². The fraction of sp³-hybridized carbons (Fsp3) is 0.385. The number of ketones is 1. The van der Waals surface area contributed by atoms with Crippen LogP contribution in [0.2, 0.25) is 0 Å². The molecule has 0 aliphatic carbocycles. The van der Waals surface area contributed by atoms with Crippen LogP contribution in [0.25, 0.3) is 0 Å². The second-order valence-electron chi connectivity index (χ2n) is 13.9. The lowest BCUT2D eigenvalue weighted by atomic mass is 9.94. The summed E-state index contributed by atoms with van der Waals surface area (Å²) in [6, 6.07) is 17.2. The summed E-state index contributed by atoms with van der Waals surface area (Å²) in [5, 5.41) is 7.11. The van der Waals surface area contributed by atoms with Gasteiger partial charge in [0.1, 0.15) is 12.1 Å². The van der Waals surface area contributed by atoms with Gasteiger partial charge in [-0.3, -0.25) is 28.8 Å². The number of carbonyl (C=O) groups is 6. The Labute approximate surface area is 318 Å². The smallest absolute Gasteiger partial charge is 0.350 e. The van der Waals surface area contributed by atoms with Crippen molar-refractivity contribution in [3.8, 4) is 0 Å². The Kier molecular flexibility index (Phi) is 14.0. The van der Waals surface area contributed by atoms with Crippen molar-refractivity contribution in [1.29, 1.82) is 0 Å². The molecule has 1 unspecified atom stereocenters. The molecular formula is C39H45F2N5O8S. The molecule has 4 N–H and O–H groups in total. The molecule has 1 saturated heterocycles. The van der Waals surface area contributed by atoms with Crippen LogP contribution in [0.5, 0.6) is 0 Å². The van der Waals surface area contributed by atoms with Crippen molar-refractivity contribution in [3.63, 3.8) is 0 Å². The Morgan fingerprint density at radius 3 is 1.87 bits per heavy atom. The maximum absolute atomic E-state index is 15.2. The van der Waals surface area contributed by atoms with Crippen molar-refractivity contribution in [2.45, 2.75) is 75.9 Å². The second-order valence-corrected chi connectivity index (χ2v) is 15.6. The van der Waals surface area contributed by atoms with E-state index >= 15 is 8.78 Å². The number of rotatable bonds is 16. The number of alkyl halides is 2. The Morgan fingerprint density at radius 2 is 1.31 bits per heavy atom. The molecule has 55 heavy (non-hydrogen) atoms. The molecule has 1 heterocycles. The van der Waals surface area contributed by atoms with Gasteiger partial charge in [0.25, 0.3) is 27.7 Å². The Morgan fingerprint density at radius 1 is 0.764 bits per heavy atom. The lowest BCUT2D eigenvalue weighted by Gasteiger charge is -2.32. The largest absolute Gasteiger partial charge is 0.383 e. The van der Waals surface area contributed by atoms with Gasteiger partial charge >= 0.3 is 5.92 Å². The fourth-order valence-electron chi connectivity index (χ4n) is 6.00. The van der Waals surface area contributed by atoms with Crippen molar-refractivity contribution in [1.82, 2.24) is 25.6 Å². The number of hydrogen-bond donors (Lipinski definition) is 4. The van der Waals surface area contributed by atoms with Crippen molar-refractivity contribution >= 4 is 45.3 Å². The van der Waals surface area contributed by atoms with Gasteiger partial charge in [0.05, 0.1) is 10.9 Å². The molecule has 0 spiro atoms. The molecule has 0 saturated carbocycles. The third kappa shape index (κ3) is 10.6. The highest BCUT2D eigenvalue weighted by molar-refractivity contribution is 7.90. The van der Waals surface area contributed by atoms with E-state index < -0.39 is 81.2 Å². The first-order valence-electron chi connectivity index (χ1n) is 17.8. The first-order chi connectivity index (χ1) is 25.9. The van der Waals surface area contributed by atoms with Crippen LogP contribution in [0.15, 0.2) is 89.8 Å². The summed E-state index contributed by atoms with van der Waals surface area (Å²) >= 11 is 0. The van der Waals surface area contributed by atoms with E-state index in [0.717, 1.165) is 5.56 Å². The summed E-state index contributed by atoms with van der Waals surface area (Å²) in [6.07, 6.45) is 0.807. The highest BCUT2D eigenvalue weighted by Gasteiger charge is 2.51. The van der Waals surface area contributed by atoms with Crippen LogP contribution in [0.1, 0.15) is 66.8 Å². The van der Waals surface area contributed by atoms with Gasteiger partial charge in [0.2, 0.25) is 17.6 Å². The third-order valence-electron chi connectivity index (χ3n) is 9.13. The van der Waals surface area contributed by atoms with Gasteiger partial charge in [-0.05, 0) is 73.1 Å². The molecule has 3 aromatic rings. The van der Waals surface area contributed by atoms with E-state index in [2.05, 4.69) is 16.0 Å². The average Bonchev–Trinajstić information content (AvgIpc) is 3.66. The molecule has 0 radical (unpaired) electrons. The minimum absolute atomic E-state index is 0.0434. The first-order valence-corrected chi connectivity index (χ1v) is 19.3. The molecule has 0 bridgehead atoms. The summed E-state index contributed by atoms with van der Waals surface area (Å²) in [5.74, 6) is -12.4. The molecule has 5 amide bonds. The zero-order valence-electron chi connectivity index (χ0n) is 30.9. The minimum Gasteiger partial charge on any atom is -0.350 e. The Balaban J connectivity index is 1.39. The summed E-state index contributed by atoms with van der Waals surface area (Å²) in [4.78, 5) is 80.0. The molecule has 294 valence electrons. The number of hydrogen-bond acceptors (Lipinski definition) is 8. The molecule has 1 fully saturated rings. The molecule has 4 rings (SSSR count). The molecular weight excluding hydrogens is 737 g/mol. The van der Waals surface area contributed by atoms with E-state index in [0.29, 0.717) is 6.42 Å². The van der Waals surface area contributed by atoms with Gasteiger partial charge in [-0.1, -0.05) is 76.2 Å². The van der Waals surface area contributed by atoms with Crippen LogP contribution < -0.4 is 20.7 Å². The zero-order valence-corrected chi connectivity index (χ0v) is 31.7. The van der Waals surface area contributed by atoms with Gasteiger partial charge in [-0.2, -0.15) is 8.78 Å². The highest BCUT2D eigenvalue weighted by Crippen LogP contribution is 2.24. The minimum atomic E-state index is -4.45. The van der Waals surface area contributed by atoms with Crippen molar-refractivity contribution < 1.29 is 46.0 Å². The van der Waals surface area contributed by atoms with Crippen LogP contribution >= 0.6 is 0 Å².